The quantitative estimate of drug-likeness (QED) is 0.729. The van der Waals surface area contributed by atoms with Crippen molar-refractivity contribution in [3.8, 4) is 0 Å². The molecule has 0 saturated carbocycles. The zero-order valence-corrected chi connectivity index (χ0v) is 13.9. The highest BCUT2D eigenvalue weighted by Crippen LogP contribution is 2.33. The molecular weight excluding hydrogens is 312 g/mol. The lowest BCUT2D eigenvalue weighted by atomic mass is 10.1. The molecule has 1 aliphatic heterocycles. The van der Waals surface area contributed by atoms with Crippen LogP contribution < -0.4 is 10.2 Å². The average Bonchev–Trinajstić information content (AvgIpc) is 3.06. The minimum absolute atomic E-state index is 0.0423. The van der Waals surface area contributed by atoms with E-state index in [0.29, 0.717) is 11.4 Å². The van der Waals surface area contributed by atoms with Gasteiger partial charge >= 0.3 is 0 Å². The van der Waals surface area contributed by atoms with E-state index in [0.717, 1.165) is 24.5 Å². The topological polar surface area (TPSA) is 58.1 Å². The maximum absolute atomic E-state index is 11.5. The standard InChI is InChI=1S/C20H18N4O/c1-14(25)16-6-4-7-17(11-16)23-19-12-20(22-13-21-19)24-10-9-15-5-2-3-8-18(15)24/h2-8,11-13H,9-10H2,1H3,(H,21,22,23). The summed E-state index contributed by atoms with van der Waals surface area (Å²) in [7, 11) is 0. The van der Waals surface area contributed by atoms with Crippen LogP contribution in [0.1, 0.15) is 22.8 Å². The number of carbonyl (C=O) groups is 1. The van der Waals surface area contributed by atoms with Gasteiger partial charge in [-0.2, -0.15) is 0 Å². The number of ketones is 1. The van der Waals surface area contributed by atoms with E-state index in [-0.39, 0.29) is 5.78 Å². The van der Waals surface area contributed by atoms with E-state index in [1.54, 1.807) is 19.3 Å². The number of anilines is 4. The first kappa shape index (κ1) is 15.3. The molecule has 2 aromatic carbocycles. The Balaban J connectivity index is 1.61. The van der Waals surface area contributed by atoms with Crippen molar-refractivity contribution in [2.45, 2.75) is 13.3 Å². The first-order chi connectivity index (χ1) is 12.2. The summed E-state index contributed by atoms with van der Waals surface area (Å²) in [6.07, 6.45) is 2.58. The Kier molecular flexibility index (Phi) is 3.90. The van der Waals surface area contributed by atoms with Crippen LogP contribution in [0, 0.1) is 0 Å². The molecule has 5 nitrogen and oxygen atoms in total. The Morgan fingerprint density at radius 1 is 1.08 bits per heavy atom. The van der Waals surface area contributed by atoms with Crippen LogP contribution in [0.3, 0.4) is 0 Å². The Hall–Kier alpha value is -3.21. The van der Waals surface area contributed by atoms with E-state index >= 15 is 0 Å². The molecule has 1 aromatic heterocycles. The van der Waals surface area contributed by atoms with Crippen molar-refractivity contribution >= 4 is 28.8 Å². The summed E-state index contributed by atoms with van der Waals surface area (Å²) in [6, 6.07) is 17.7. The second-order valence-electron chi connectivity index (χ2n) is 6.05. The maximum Gasteiger partial charge on any atom is 0.159 e. The number of aromatic nitrogens is 2. The van der Waals surface area contributed by atoms with Gasteiger partial charge in [0.05, 0.1) is 0 Å². The van der Waals surface area contributed by atoms with Crippen LogP contribution in [0.4, 0.5) is 23.0 Å². The molecule has 1 N–H and O–H groups in total. The first-order valence-electron chi connectivity index (χ1n) is 8.26. The Labute approximate surface area is 146 Å². The van der Waals surface area contributed by atoms with Crippen LogP contribution in [0.5, 0.6) is 0 Å². The summed E-state index contributed by atoms with van der Waals surface area (Å²) in [5, 5.41) is 3.26. The van der Waals surface area contributed by atoms with Crippen LogP contribution >= 0.6 is 0 Å². The summed E-state index contributed by atoms with van der Waals surface area (Å²) in [6.45, 7) is 2.47. The zero-order chi connectivity index (χ0) is 17.2. The third kappa shape index (κ3) is 3.08. The number of nitrogens with zero attached hydrogens (tertiary/aromatic N) is 3. The van der Waals surface area contributed by atoms with E-state index < -0.39 is 0 Å². The molecule has 4 rings (SSSR count). The van der Waals surface area contributed by atoms with E-state index in [4.69, 9.17) is 0 Å². The lowest BCUT2D eigenvalue weighted by Crippen LogP contribution is -2.15. The lowest BCUT2D eigenvalue weighted by molar-refractivity contribution is 0.101. The molecule has 0 amide bonds. The fourth-order valence-electron chi connectivity index (χ4n) is 3.10. The average molecular weight is 330 g/mol. The predicted molar refractivity (Wildman–Crippen MR) is 98.9 cm³/mol. The second kappa shape index (κ2) is 6.36. The van der Waals surface area contributed by atoms with Crippen LogP contribution in [-0.4, -0.2) is 22.3 Å². The summed E-state index contributed by atoms with van der Waals surface area (Å²) < 4.78 is 0. The Morgan fingerprint density at radius 2 is 1.96 bits per heavy atom. The number of fused-ring (bicyclic) bond motifs is 1. The van der Waals surface area contributed by atoms with Crippen molar-refractivity contribution in [3.05, 3.63) is 72.1 Å². The van der Waals surface area contributed by atoms with Crippen molar-refractivity contribution in [1.29, 1.82) is 0 Å². The molecule has 0 spiro atoms. The number of para-hydroxylation sites is 1. The molecule has 0 aliphatic carbocycles. The van der Waals surface area contributed by atoms with E-state index in [9.17, 15) is 4.79 Å². The highest BCUT2D eigenvalue weighted by molar-refractivity contribution is 5.95. The number of carbonyl (C=O) groups excluding carboxylic acids is 1. The Bertz CT molecular complexity index is 938. The van der Waals surface area contributed by atoms with Crippen molar-refractivity contribution in [2.24, 2.45) is 0 Å². The van der Waals surface area contributed by atoms with Gasteiger partial charge in [0.25, 0.3) is 0 Å². The van der Waals surface area contributed by atoms with Crippen molar-refractivity contribution < 1.29 is 4.79 Å². The first-order valence-corrected chi connectivity index (χ1v) is 8.26. The van der Waals surface area contributed by atoms with Crippen LogP contribution in [0.15, 0.2) is 60.9 Å². The van der Waals surface area contributed by atoms with Crippen LogP contribution in [0.2, 0.25) is 0 Å². The number of hydrogen-bond donors (Lipinski definition) is 1. The van der Waals surface area contributed by atoms with E-state index in [1.165, 1.54) is 11.3 Å². The van der Waals surface area contributed by atoms with Crippen molar-refractivity contribution in [2.75, 3.05) is 16.8 Å². The zero-order valence-electron chi connectivity index (χ0n) is 13.9. The van der Waals surface area contributed by atoms with Gasteiger partial charge in [0, 0.05) is 29.5 Å². The molecule has 0 unspecified atom stereocenters. The number of Topliss-reactive ketones (excluding diaryl/α,β-unsaturated/α-hetero) is 1. The molecule has 0 radical (unpaired) electrons. The fourth-order valence-corrected chi connectivity index (χ4v) is 3.10. The predicted octanol–water partition coefficient (Wildman–Crippen LogP) is 4.12. The second-order valence-corrected chi connectivity index (χ2v) is 6.05. The minimum atomic E-state index is 0.0423. The van der Waals surface area contributed by atoms with Gasteiger partial charge in [-0.1, -0.05) is 30.3 Å². The molecule has 0 atom stereocenters. The third-order valence-electron chi connectivity index (χ3n) is 4.36. The summed E-state index contributed by atoms with van der Waals surface area (Å²) in [5.74, 6) is 1.61. The third-order valence-corrected chi connectivity index (χ3v) is 4.36. The van der Waals surface area contributed by atoms with Gasteiger partial charge in [-0.25, -0.2) is 9.97 Å². The SMILES string of the molecule is CC(=O)c1cccc(Nc2cc(N3CCc4ccccc43)ncn2)c1. The van der Waals surface area contributed by atoms with Crippen molar-refractivity contribution in [3.63, 3.8) is 0 Å². The molecule has 0 bridgehead atoms. The molecule has 5 heteroatoms. The highest BCUT2D eigenvalue weighted by atomic mass is 16.1. The molecule has 25 heavy (non-hydrogen) atoms. The highest BCUT2D eigenvalue weighted by Gasteiger charge is 2.21. The smallest absolute Gasteiger partial charge is 0.159 e. The summed E-state index contributed by atoms with van der Waals surface area (Å²) in [5.41, 5.74) is 4.04. The van der Waals surface area contributed by atoms with Gasteiger partial charge in [0.1, 0.15) is 18.0 Å². The molecular formula is C20H18N4O. The number of benzene rings is 2. The van der Waals surface area contributed by atoms with Gasteiger partial charge in [0.2, 0.25) is 0 Å². The van der Waals surface area contributed by atoms with Gasteiger partial charge in [-0.3, -0.25) is 4.79 Å². The van der Waals surface area contributed by atoms with E-state index in [1.807, 2.05) is 30.3 Å². The molecule has 0 fully saturated rings. The fraction of sp³-hybridized carbons (Fsp3) is 0.150. The lowest BCUT2D eigenvalue weighted by Gasteiger charge is -2.18. The molecule has 2 heterocycles. The number of hydrogen-bond acceptors (Lipinski definition) is 5. The van der Waals surface area contributed by atoms with Crippen LogP contribution in [-0.2, 0) is 6.42 Å². The van der Waals surface area contributed by atoms with Gasteiger partial charge < -0.3 is 10.2 Å². The normalized spacial score (nSPS) is 12.8. The molecule has 3 aromatic rings. The minimum Gasteiger partial charge on any atom is -0.340 e. The summed E-state index contributed by atoms with van der Waals surface area (Å²) in [4.78, 5) is 22.5. The van der Waals surface area contributed by atoms with Crippen LogP contribution in [0.25, 0.3) is 0 Å². The van der Waals surface area contributed by atoms with Gasteiger partial charge in [-0.15, -0.1) is 0 Å². The largest absolute Gasteiger partial charge is 0.340 e. The molecule has 1 aliphatic rings. The Morgan fingerprint density at radius 3 is 2.84 bits per heavy atom. The van der Waals surface area contributed by atoms with E-state index in [2.05, 4.69) is 38.4 Å². The van der Waals surface area contributed by atoms with Gasteiger partial charge in [-0.05, 0) is 37.1 Å². The number of rotatable bonds is 4. The maximum atomic E-state index is 11.5. The summed E-state index contributed by atoms with van der Waals surface area (Å²) >= 11 is 0. The van der Waals surface area contributed by atoms with Crippen molar-refractivity contribution in [1.82, 2.24) is 9.97 Å². The molecule has 0 saturated heterocycles. The molecule has 124 valence electrons. The van der Waals surface area contributed by atoms with Gasteiger partial charge in [0.15, 0.2) is 5.78 Å². The number of nitrogens with one attached hydrogen (secondary N) is 1. The monoisotopic (exact) mass is 330 g/mol.